The van der Waals surface area contributed by atoms with Gasteiger partial charge in [0, 0.05) is 24.1 Å². The zero-order valence-electron chi connectivity index (χ0n) is 8.64. The lowest BCUT2D eigenvalue weighted by molar-refractivity contribution is -0.116. The van der Waals surface area contributed by atoms with Crippen LogP contribution in [-0.4, -0.2) is 12.4 Å². The number of carbonyl (C=O) groups excluding carboxylic acids is 1. The lowest BCUT2D eigenvalue weighted by Crippen LogP contribution is -2.04. The van der Waals surface area contributed by atoms with Gasteiger partial charge in [-0.1, -0.05) is 0 Å². The predicted molar refractivity (Wildman–Crippen MR) is 51.9 cm³/mol. The van der Waals surface area contributed by atoms with E-state index >= 15 is 0 Å². The van der Waals surface area contributed by atoms with E-state index in [4.69, 9.17) is 4.74 Å². The maximum Gasteiger partial charge on any atom is 0.134 e. The van der Waals surface area contributed by atoms with Crippen LogP contribution in [0.5, 0.6) is 5.75 Å². The van der Waals surface area contributed by atoms with Crippen molar-refractivity contribution in [3.63, 3.8) is 0 Å². The first-order chi connectivity index (χ1) is 7.04. The van der Waals surface area contributed by atoms with Gasteiger partial charge in [0.15, 0.2) is 0 Å². The first-order valence-electron chi connectivity index (χ1n) is 4.64. The number of carbonyl (C=O) groups is 1. The van der Waals surface area contributed by atoms with Crippen LogP contribution in [0.15, 0.2) is 12.1 Å². The molecule has 0 aliphatic carbocycles. The molecule has 0 saturated carbocycles. The molecule has 0 saturated heterocycles. The van der Waals surface area contributed by atoms with Crippen LogP contribution >= 0.6 is 0 Å². The van der Waals surface area contributed by atoms with Crippen LogP contribution in [0.4, 0.5) is 8.78 Å². The number of rotatable bonds is 4. The fourth-order valence-electron chi connectivity index (χ4n) is 1.25. The summed E-state index contributed by atoms with van der Waals surface area (Å²) in [7, 11) is 0. The lowest BCUT2D eigenvalue weighted by atomic mass is 10.1. The molecule has 0 aliphatic rings. The minimum atomic E-state index is -0.742. The highest BCUT2D eigenvalue weighted by Gasteiger charge is 2.13. The van der Waals surface area contributed by atoms with E-state index < -0.39 is 11.6 Å². The van der Waals surface area contributed by atoms with Gasteiger partial charge in [-0.05, 0) is 13.8 Å². The summed E-state index contributed by atoms with van der Waals surface area (Å²) in [6, 6.07) is 2.18. The molecule has 0 heterocycles. The molecule has 0 N–H and O–H groups in total. The number of ketones is 1. The minimum absolute atomic E-state index is 0.139. The maximum absolute atomic E-state index is 13.3. The van der Waals surface area contributed by atoms with Crippen molar-refractivity contribution in [3.8, 4) is 5.75 Å². The van der Waals surface area contributed by atoms with Gasteiger partial charge in [-0.25, -0.2) is 8.78 Å². The van der Waals surface area contributed by atoms with Crippen LogP contribution in [0.3, 0.4) is 0 Å². The Hall–Kier alpha value is -1.45. The van der Waals surface area contributed by atoms with E-state index in [-0.39, 0.29) is 23.5 Å². The van der Waals surface area contributed by atoms with E-state index in [1.54, 1.807) is 6.92 Å². The molecule has 15 heavy (non-hydrogen) atoms. The van der Waals surface area contributed by atoms with Gasteiger partial charge in [-0.2, -0.15) is 0 Å². The van der Waals surface area contributed by atoms with Gasteiger partial charge in [0.1, 0.15) is 23.2 Å². The summed E-state index contributed by atoms with van der Waals surface area (Å²) >= 11 is 0. The van der Waals surface area contributed by atoms with Gasteiger partial charge in [-0.3, -0.25) is 4.79 Å². The summed E-state index contributed by atoms with van der Waals surface area (Å²) in [5.41, 5.74) is -0.203. The Labute approximate surface area is 86.9 Å². The predicted octanol–water partition coefficient (Wildman–Crippen LogP) is 2.50. The summed E-state index contributed by atoms with van der Waals surface area (Å²) in [5.74, 6) is -1.63. The Bertz CT molecular complexity index is 352. The van der Waals surface area contributed by atoms with Crippen molar-refractivity contribution in [1.29, 1.82) is 0 Å². The minimum Gasteiger partial charge on any atom is -0.494 e. The third-order valence-electron chi connectivity index (χ3n) is 1.85. The van der Waals surface area contributed by atoms with Crippen molar-refractivity contribution in [1.82, 2.24) is 0 Å². The van der Waals surface area contributed by atoms with Gasteiger partial charge in [0.05, 0.1) is 6.61 Å². The average Bonchev–Trinajstić information content (AvgIpc) is 2.11. The highest BCUT2D eigenvalue weighted by Crippen LogP contribution is 2.21. The topological polar surface area (TPSA) is 26.3 Å². The summed E-state index contributed by atoms with van der Waals surface area (Å²) < 4.78 is 31.6. The van der Waals surface area contributed by atoms with E-state index in [2.05, 4.69) is 0 Å². The second-order valence-corrected chi connectivity index (χ2v) is 3.18. The monoisotopic (exact) mass is 214 g/mol. The van der Waals surface area contributed by atoms with Crippen LogP contribution in [0.25, 0.3) is 0 Å². The Morgan fingerprint density at radius 3 is 2.27 bits per heavy atom. The smallest absolute Gasteiger partial charge is 0.134 e. The molecule has 1 rings (SSSR count). The van der Waals surface area contributed by atoms with Crippen LogP contribution in [0.2, 0.25) is 0 Å². The summed E-state index contributed by atoms with van der Waals surface area (Å²) in [6.07, 6.45) is -0.232. The van der Waals surface area contributed by atoms with Crippen molar-refractivity contribution in [2.75, 3.05) is 6.61 Å². The zero-order chi connectivity index (χ0) is 11.4. The van der Waals surface area contributed by atoms with Crippen molar-refractivity contribution < 1.29 is 18.3 Å². The summed E-state index contributed by atoms with van der Waals surface area (Å²) in [6.45, 7) is 3.35. The molecule has 0 aliphatic heterocycles. The number of ether oxygens (including phenoxy) is 1. The SMILES string of the molecule is CCOc1cc(F)c(CC(C)=O)c(F)c1. The molecule has 4 heteroatoms. The van der Waals surface area contributed by atoms with E-state index in [0.29, 0.717) is 6.61 Å². The Kier molecular flexibility index (Phi) is 3.77. The first-order valence-corrected chi connectivity index (χ1v) is 4.64. The molecule has 0 fully saturated rings. The van der Waals surface area contributed by atoms with Gasteiger partial charge < -0.3 is 4.74 Å². The first kappa shape index (κ1) is 11.6. The second kappa shape index (κ2) is 4.87. The molecule has 0 amide bonds. The van der Waals surface area contributed by atoms with Gasteiger partial charge >= 0.3 is 0 Å². The van der Waals surface area contributed by atoms with E-state index in [1.807, 2.05) is 0 Å². The quantitative estimate of drug-likeness (QED) is 0.769. The van der Waals surface area contributed by atoms with Gasteiger partial charge in [0.25, 0.3) is 0 Å². The zero-order valence-corrected chi connectivity index (χ0v) is 8.64. The molecule has 0 atom stereocenters. The normalized spacial score (nSPS) is 10.1. The van der Waals surface area contributed by atoms with Crippen molar-refractivity contribution >= 4 is 5.78 Å². The highest BCUT2D eigenvalue weighted by atomic mass is 19.1. The molecule has 2 nitrogen and oxygen atoms in total. The number of Topliss-reactive ketones (excluding diaryl/α,β-unsaturated/α-hetero) is 1. The van der Waals surface area contributed by atoms with Gasteiger partial charge in [0.2, 0.25) is 0 Å². The number of benzene rings is 1. The lowest BCUT2D eigenvalue weighted by Gasteiger charge is -2.07. The molecule has 0 bridgehead atoms. The third kappa shape index (κ3) is 3.01. The Morgan fingerprint density at radius 2 is 1.87 bits per heavy atom. The Balaban J connectivity index is 3.03. The molecule has 0 radical (unpaired) electrons. The van der Waals surface area contributed by atoms with E-state index in [1.165, 1.54) is 6.92 Å². The maximum atomic E-state index is 13.3. The molecule has 0 aromatic heterocycles. The standard InChI is InChI=1S/C11H12F2O2/c1-3-15-8-5-10(12)9(4-7(2)14)11(13)6-8/h5-6H,3-4H2,1-2H3. The number of hydrogen-bond acceptors (Lipinski definition) is 2. The van der Waals surface area contributed by atoms with Crippen LogP contribution in [-0.2, 0) is 11.2 Å². The van der Waals surface area contributed by atoms with Crippen LogP contribution < -0.4 is 4.74 Å². The fourth-order valence-corrected chi connectivity index (χ4v) is 1.25. The average molecular weight is 214 g/mol. The summed E-state index contributed by atoms with van der Waals surface area (Å²) in [4.78, 5) is 10.8. The summed E-state index contributed by atoms with van der Waals surface area (Å²) in [5, 5.41) is 0. The van der Waals surface area contributed by atoms with Gasteiger partial charge in [-0.15, -0.1) is 0 Å². The van der Waals surface area contributed by atoms with Crippen LogP contribution in [0, 0.1) is 11.6 Å². The van der Waals surface area contributed by atoms with E-state index in [9.17, 15) is 13.6 Å². The molecule has 0 unspecified atom stereocenters. The number of hydrogen-bond donors (Lipinski definition) is 0. The molecule has 1 aromatic carbocycles. The molecular formula is C11H12F2O2. The largest absolute Gasteiger partial charge is 0.494 e. The van der Waals surface area contributed by atoms with Crippen molar-refractivity contribution in [2.45, 2.75) is 20.3 Å². The Morgan fingerprint density at radius 1 is 1.33 bits per heavy atom. The second-order valence-electron chi connectivity index (χ2n) is 3.18. The van der Waals surface area contributed by atoms with E-state index in [0.717, 1.165) is 12.1 Å². The number of halogens is 2. The van der Waals surface area contributed by atoms with Crippen molar-refractivity contribution in [2.24, 2.45) is 0 Å². The fraction of sp³-hybridized carbons (Fsp3) is 0.364. The van der Waals surface area contributed by atoms with Crippen LogP contribution in [0.1, 0.15) is 19.4 Å². The molecule has 0 spiro atoms. The molecular weight excluding hydrogens is 202 g/mol. The third-order valence-corrected chi connectivity index (χ3v) is 1.85. The molecule has 1 aromatic rings. The van der Waals surface area contributed by atoms with Crippen molar-refractivity contribution in [3.05, 3.63) is 29.3 Å². The molecule has 82 valence electrons. The highest BCUT2D eigenvalue weighted by molar-refractivity contribution is 5.78.